The van der Waals surface area contributed by atoms with Gasteiger partial charge >= 0.3 is 0 Å². The van der Waals surface area contributed by atoms with E-state index in [1.807, 2.05) is 0 Å². The molecule has 0 rings (SSSR count). The van der Waals surface area contributed by atoms with Gasteiger partial charge in [0.25, 0.3) is 10.5 Å². The summed E-state index contributed by atoms with van der Waals surface area (Å²) in [5.74, 6) is 4.50. The van der Waals surface area contributed by atoms with E-state index in [-0.39, 0.29) is 22.4 Å². The van der Waals surface area contributed by atoms with Gasteiger partial charge in [-0.05, 0) is 0 Å². The lowest BCUT2D eigenvalue weighted by atomic mass is 10.9. The number of aliphatic hydroxyl groups is 2. The van der Waals surface area contributed by atoms with Crippen molar-refractivity contribution in [3.05, 3.63) is 0 Å². The van der Waals surface area contributed by atoms with Gasteiger partial charge in [0.2, 0.25) is 0 Å². The minimum absolute atomic E-state index is 0.0602. The summed E-state index contributed by atoms with van der Waals surface area (Å²) in [6, 6.07) is 0. The Balaban J connectivity index is 3.53. The van der Waals surface area contributed by atoms with Crippen LogP contribution in [-0.2, 0) is 21.6 Å². The van der Waals surface area contributed by atoms with E-state index in [9.17, 15) is 18.0 Å². The fourth-order valence-electron chi connectivity index (χ4n) is 1.70. The van der Waals surface area contributed by atoms with Crippen LogP contribution in [0.1, 0.15) is 0 Å². The summed E-state index contributed by atoms with van der Waals surface area (Å²) < 4.78 is 23.6. The van der Waals surface area contributed by atoms with Crippen molar-refractivity contribution in [2.45, 2.75) is 0 Å². The molecule has 10 nitrogen and oxygen atoms in total. The van der Waals surface area contributed by atoms with E-state index in [0.717, 1.165) is 10.8 Å². The first-order chi connectivity index (χ1) is 19.0. The van der Waals surface area contributed by atoms with Gasteiger partial charge in [-0.15, -0.1) is 70.6 Å². The number of aliphatic imine (C=N–C) groups is 2. The average Bonchev–Trinajstić information content (AvgIpc) is 2.92. The van der Waals surface area contributed by atoms with Crippen LogP contribution >= 0.6 is 106 Å². The third-order valence-electron chi connectivity index (χ3n) is 3.23. The normalized spacial score (nSPS) is 13.2. The highest BCUT2D eigenvalue weighted by Crippen LogP contribution is 2.17. The molecule has 2 unspecified atom stereocenters. The van der Waals surface area contributed by atoms with E-state index in [4.69, 9.17) is 10.2 Å². The summed E-state index contributed by atoms with van der Waals surface area (Å²) >= 11 is 12.7. The summed E-state index contributed by atoms with van der Waals surface area (Å²) in [6.45, 7) is 0. The van der Waals surface area contributed by atoms with Crippen molar-refractivity contribution >= 4 is 149 Å². The molecule has 4 N–H and O–H groups in total. The number of hydrogen-bond donors (Lipinski definition) is 4. The first-order valence-corrected chi connectivity index (χ1v) is 23.6. The highest BCUT2D eigenvalue weighted by Gasteiger charge is 2.03. The fourth-order valence-corrected chi connectivity index (χ4v) is 11.3. The Kier molecular flexibility index (Phi) is 33.9. The predicted octanol–water partition coefficient (Wildman–Crippen LogP) is 4.12. The molecule has 39 heavy (non-hydrogen) atoms. The third-order valence-corrected chi connectivity index (χ3v) is 14.5. The predicted molar refractivity (Wildman–Crippen MR) is 191 cm³/mol. The highest BCUT2D eigenvalue weighted by atomic mass is 32.2. The average molecular weight is 755 g/mol. The van der Waals surface area contributed by atoms with Crippen LogP contribution in [0.4, 0.5) is 9.59 Å². The largest absolute Gasteiger partial charge is 0.386 e. The number of carbonyl (C=O) groups excluding carboxylic acids is 2. The molecule has 0 aromatic rings. The van der Waals surface area contributed by atoms with Crippen molar-refractivity contribution in [3.8, 4) is 0 Å². The van der Waals surface area contributed by atoms with E-state index in [0.29, 0.717) is 56.0 Å². The smallest absolute Gasteiger partial charge is 0.280 e. The Hall–Kier alpha value is 1.65. The molecule has 228 valence electrons. The molecule has 0 aliphatic rings. The van der Waals surface area contributed by atoms with Gasteiger partial charge in [-0.1, -0.05) is 23.5 Å². The number of thioether (sulfide) groups is 9. The zero-order valence-corrected chi connectivity index (χ0v) is 29.9. The summed E-state index contributed by atoms with van der Waals surface area (Å²) in [5.41, 5.74) is 2.86. The number of carbonyl (C=O) groups is 2. The van der Waals surface area contributed by atoms with Crippen LogP contribution < -0.4 is 10.6 Å². The van der Waals surface area contributed by atoms with Gasteiger partial charge in [-0.25, -0.2) is 0 Å². The van der Waals surface area contributed by atoms with Crippen LogP contribution in [0.3, 0.4) is 0 Å². The van der Waals surface area contributed by atoms with Crippen LogP contribution in [0.2, 0.25) is 0 Å². The molecule has 21 heteroatoms. The molecular formula is C18H34N4O6S11. The highest BCUT2D eigenvalue weighted by molar-refractivity contribution is 8.27. The van der Waals surface area contributed by atoms with Crippen LogP contribution in [0.5, 0.6) is 0 Å². The molecule has 2 atom stereocenters. The van der Waals surface area contributed by atoms with Crippen LogP contribution in [-0.4, -0.2) is 119 Å². The summed E-state index contributed by atoms with van der Waals surface area (Å²) in [5, 5.41) is 25.2. The standard InChI is InChI=1S/C18H34N4O6S11/c23-11-32-13-34-15-37-18(26)22-8-30-5-19-9-38(27)4-3-29-1-2-36-17(25)21-7-31-6-20-10-39(28)16-35-14-33-12-24/h9-10,23-24H,1-8,11-16H2,(H,21,25)(H,22,26). The quantitative estimate of drug-likeness (QED) is 0.0433. The zero-order chi connectivity index (χ0) is 28.8. The number of nitrogens with one attached hydrogen (secondary N) is 2. The molecule has 0 saturated heterocycles. The number of nitrogens with zero attached hydrogens (tertiary/aromatic N) is 2. The maximum Gasteiger partial charge on any atom is 0.280 e. The van der Waals surface area contributed by atoms with Gasteiger partial charge in [-0.3, -0.25) is 28.0 Å². The van der Waals surface area contributed by atoms with Crippen molar-refractivity contribution in [1.29, 1.82) is 0 Å². The number of hydrogen-bond acceptors (Lipinski definition) is 17. The van der Waals surface area contributed by atoms with E-state index in [1.165, 1.54) is 93.4 Å². The third kappa shape index (κ3) is 32.4. The van der Waals surface area contributed by atoms with Crippen LogP contribution in [0, 0.1) is 0 Å². The molecule has 0 fully saturated rings. The first-order valence-electron chi connectivity index (χ1n) is 10.8. The lowest BCUT2D eigenvalue weighted by molar-refractivity contribution is 0.261. The minimum atomic E-state index is -1.14. The molecular weight excluding hydrogens is 721 g/mol. The Labute approximate surface area is 274 Å². The SMILES string of the molecule is O=C(NCSCN=CS(=O)CSCSCO)SCCSCCS(=O)C=NCSCNC(=O)SCSCSCO. The maximum atomic E-state index is 12.0. The molecule has 2 amide bonds. The fraction of sp³-hybridized carbons (Fsp3) is 0.778. The monoisotopic (exact) mass is 754 g/mol. The zero-order valence-electron chi connectivity index (χ0n) is 21.0. The molecule has 0 saturated carbocycles. The Morgan fingerprint density at radius 2 is 1.26 bits per heavy atom. The topological polar surface area (TPSA) is 158 Å². The van der Waals surface area contributed by atoms with Crippen molar-refractivity contribution in [1.82, 2.24) is 10.6 Å². The van der Waals surface area contributed by atoms with E-state index >= 15 is 0 Å². The maximum absolute atomic E-state index is 12.0. The second-order valence-electron chi connectivity index (χ2n) is 6.08. The number of amides is 2. The Morgan fingerprint density at radius 3 is 1.90 bits per heavy atom. The Morgan fingerprint density at radius 1 is 0.667 bits per heavy atom. The van der Waals surface area contributed by atoms with Crippen LogP contribution in [0.15, 0.2) is 9.98 Å². The van der Waals surface area contributed by atoms with E-state index < -0.39 is 21.6 Å². The molecule has 0 spiro atoms. The van der Waals surface area contributed by atoms with Gasteiger partial charge in [0.05, 0.1) is 73.2 Å². The second kappa shape index (κ2) is 32.6. The van der Waals surface area contributed by atoms with E-state index in [2.05, 4.69) is 20.6 Å². The second-order valence-corrected chi connectivity index (χ2v) is 19.2. The van der Waals surface area contributed by atoms with Crippen LogP contribution in [0.25, 0.3) is 0 Å². The minimum Gasteiger partial charge on any atom is -0.386 e. The van der Waals surface area contributed by atoms with E-state index in [1.54, 1.807) is 23.5 Å². The van der Waals surface area contributed by atoms with Crippen molar-refractivity contribution < 1.29 is 28.2 Å². The van der Waals surface area contributed by atoms with Gasteiger partial charge in [0.1, 0.15) is 0 Å². The number of rotatable bonds is 26. The molecule has 0 aromatic heterocycles. The molecule has 0 aliphatic heterocycles. The van der Waals surface area contributed by atoms with Gasteiger partial charge < -0.3 is 20.8 Å². The van der Waals surface area contributed by atoms with Gasteiger partial charge in [0, 0.05) is 38.3 Å². The van der Waals surface area contributed by atoms with Gasteiger partial charge in [-0.2, -0.15) is 11.8 Å². The van der Waals surface area contributed by atoms with Crippen molar-refractivity contribution in [3.63, 3.8) is 0 Å². The Bertz CT molecular complexity index is 740. The van der Waals surface area contributed by atoms with Gasteiger partial charge in [0.15, 0.2) is 0 Å². The molecule has 0 aromatic carbocycles. The molecule has 0 heterocycles. The first kappa shape index (κ1) is 40.6. The molecule has 0 bridgehead atoms. The summed E-state index contributed by atoms with van der Waals surface area (Å²) in [7, 11) is -2.27. The summed E-state index contributed by atoms with van der Waals surface area (Å²) in [6.07, 6.45) is 0. The molecule has 0 aliphatic carbocycles. The lowest BCUT2D eigenvalue weighted by Gasteiger charge is -2.04. The number of aliphatic hydroxyl groups excluding tert-OH is 2. The summed E-state index contributed by atoms with van der Waals surface area (Å²) in [4.78, 5) is 31.7. The lowest BCUT2D eigenvalue weighted by Crippen LogP contribution is -2.18. The van der Waals surface area contributed by atoms with Crippen molar-refractivity contribution in [2.24, 2.45) is 9.98 Å². The van der Waals surface area contributed by atoms with Crippen molar-refractivity contribution in [2.75, 3.05) is 78.7 Å². The molecule has 0 radical (unpaired) electrons.